The zero-order valence-corrected chi connectivity index (χ0v) is 15.2. The molecule has 0 fully saturated rings. The summed E-state index contributed by atoms with van der Waals surface area (Å²) in [5.74, 6) is 0.270. The Bertz CT molecular complexity index is 751. The Labute approximate surface area is 152 Å². The lowest BCUT2D eigenvalue weighted by Gasteiger charge is -2.08. The van der Waals surface area contributed by atoms with Gasteiger partial charge in [-0.05, 0) is 36.8 Å². The average molecular weight is 416 g/mol. The van der Waals surface area contributed by atoms with Crippen molar-refractivity contribution in [3.8, 4) is 5.75 Å². The van der Waals surface area contributed by atoms with Crippen molar-refractivity contribution in [3.63, 3.8) is 0 Å². The summed E-state index contributed by atoms with van der Waals surface area (Å²) in [6.45, 7) is 1.76. The Balaban J connectivity index is 1.87. The van der Waals surface area contributed by atoms with E-state index in [1.165, 1.54) is 6.21 Å². The fourth-order valence-corrected chi connectivity index (χ4v) is 2.58. The van der Waals surface area contributed by atoms with E-state index in [2.05, 4.69) is 26.5 Å². The maximum atomic E-state index is 11.7. The number of hydrazone groups is 1. The molecule has 2 aromatic rings. The van der Waals surface area contributed by atoms with Crippen LogP contribution in [-0.4, -0.2) is 18.7 Å². The predicted octanol–water partition coefficient (Wildman–Crippen LogP) is 4.59. The first kappa shape index (κ1) is 17.8. The molecule has 23 heavy (non-hydrogen) atoms. The molecule has 1 amide bonds. The number of rotatable bonds is 5. The van der Waals surface area contributed by atoms with Gasteiger partial charge in [-0.15, -0.1) is 0 Å². The van der Waals surface area contributed by atoms with E-state index in [9.17, 15) is 4.79 Å². The molecule has 0 aromatic heterocycles. The van der Waals surface area contributed by atoms with Crippen LogP contribution in [0.25, 0.3) is 0 Å². The van der Waals surface area contributed by atoms with Crippen LogP contribution in [0.15, 0.2) is 46.0 Å². The largest absolute Gasteiger partial charge is 0.483 e. The summed E-state index contributed by atoms with van der Waals surface area (Å²) in [5, 5.41) is 4.65. The van der Waals surface area contributed by atoms with Gasteiger partial charge >= 0.3 is 0 Å². The summed E-state index contributed by atoms with van der Waals surface area (Å²) in [4.78, 5) is 11.7. The van der Waals surface area contributed by atoms with Gasteiger partial charge in [0.1, 0.15) is 5.75 Å². The second-order valence-electron chi connectivity index (χ2n) is 4.63. The first-order valence-electron chi connectivity index (χ1n) is 6.62. The molecule has 0 radical (unpaired) electrons. The maximum Gasteiger partial charge on any atom is 0.277 e. The monoisotopic (exact) mass is 414 g/mol. The minimum atomic E-state index is -0.373. The Morgan fingerprint density at radius 1 is 1.35 bits per heavy atom. The minimum absolute atomic E-state index is 0.136. The number of benzene rings is 2. The summed E-state index contributed by atoms with van der Waals surface area (Å²) in [7, 11) is 0. The highest BCUT2D eigenvalue weighted by Crippen LogP contribution is 2.24. The molecule has 0 aliphatic carbocycles. The van der Waals surface area contributed by atoms with Crippen LogP contribution >= 0.6 is 39.1 Å². The van der Waals surface area contributed by atoms with E-state index in [0.29, 0.717) is 21.4 Å². The van der Waals surface area contributed by atoms with Crippen molar-refractivity contribution in [1.82, 2.24) is 5.43 Å². The van der Waals surface area contributed by atoms with Gasteiger partial charge in [0, 0.05) is 10.0 Å². The minimum Gasteiger partial charge on any atom is -0.483 e. The van der Waals surface area contributed by atoms with Crippen LogP contribution in [0.3, 0.4) is 0 Å². The van der Waals surface area contributed by atoms with E-state index in [1.807, 2.05) is 19.1 Å². The van der Waals surface area contributed by atoms with Gasteiger partial charge in [0.25, 0.3) is 5.91 Å². The molecule has 2 aromatic carbocycles. The predicted molar refractivity (Wildman–Crippen MR) is 96.6 cm³/mol. The number of carbonyl (C=O) groups excluding carboxylic acids is 1. The quantitative estimate of drug-likeness (QED) is 0.573. The van der Waals surface area contributed by atoms with Gasteiger partial charge in [0.15, 0.2) is 6.61 Å². The SMILES string of the molecule is Cc1cc(Br)ccc1OCC(=O)NN=Cc1cccc(Cl)c1Cl. The van der Waals surface area contributed by atoms with Gasteiger partial charge in [-0.3, -0.25) is 4.79 Å². The van der Waals surface area contributed by atoms with Crippen molar-refractivity contribution in [3.05, 3.63) is 62.0 Å². The highest BCUT2D eigenvalue weighted by Gasteiger charge is 2.05. The van der Waals surface area contributed by atoms with Gasteiger partial charge in [0.05, 0.1) is 16.3 Å². The average Bonchev–Trinajstić information content (AvgIpc) is 2.50. The van der Waals surface area contributed by atoms with Gasteiger partial charge in [-0.1, -0.05) is 51.3 Å². The van der Waals surface area contributed by atoms with Crippen molar-refractivity contribution in [2.75, 3.05) is 6.61 Å². The van der Waals surface area contributed by atoms with Crippen molar-refractivity contribution in [2.24, 2.45) is 5.10 Å². The summed E-state index contributed by atoms with van der Waals surface area (Å²) < 4.78 is 6.40. The molecule has 0 aliphatic heterocycles. The molecule has 0 spiro atoms. The molecule has 0 atom stereocenters. The van der Waals surface area contributed by atoms with E-state index < -0.39 is 0 Å². The zero-order chi connectivity index (χ0) is 16.8. The van der Waals surface area contributed by atoms with Crippen LogP contribution in [0.5, 0.6) is 5.75 Å². The third-order valence-electron chi connectivity index (χ3n) is 2.87. The Morgan fingerprint density at radius 3 is 2.87 bits per heavy atom. The Morgan fingerprint density at radius 2 is 2.13 bits per heavy atom. The fourth-order valence-electron chi connectivity index (χ4n) is 1.74. The number of hydrogen-bond acceptors (Lipinski definition) is 3. The Kier molecular flexibility index (Phi) is 6.45. The first-order valence-corrected chi connectivity index (χ1v) is 8.17. The first-order chi connectivity index (χ1) is 11.0. The van der Waals surface area contributed by atoms with E-state index in [-0.39, 0.29) is 12.5 Å². The number of nitrogens with zero attached hydrogens (tertiary/aromatic N) is 1. The molecule has 1 N–H and O–H groups in total. The fraction of sp³-hybridized carbons (Fsp3) is 0.125. The third kappa shape index (κ3) is 5.23. The lowest BCUT2D eigenvalue weighted by atomic mass is 10.2. The van der Waals surface area contributed by atoms with Crippen LogP contribution in [0.4, 0.5) is 0 Å². The molecule has 4 nitrogen and oxygen atoms in total. The number of aryl methyl sites for hydroxylation is 1. The van der Waals surface area contributed by atoms with Gasteiger partial charge in [-0.2, -0.15) is 5.10 Å². The molecular weight excluding hydrogens is 403 g/mol. The normalized spacial score (nSPS) is 10.8. The van der Waals surface area contributed by atoms with E-state index in [4.69, 9.17) is 27.9 Å². The second-order valence-corrected chi connectivity index (χ2v) is 6.34. The number of carbonyl (C=O) groups is 1. The van der Waals surface area contributed by atoms with Crippen molar-refractivity contribution in [2.45, 2.75) is 6.92 Å². The summed E-state index contributed by atoms with van der Waals surface area (Å²) in [6, 6.07) is 10.7. The smallest absolute Gasteiger partial charge is 0.277 e. The van der Waals surface area contributed by atoms with Gasteiger partial charge in [-0.25, -0.2) is 5.43 Å². The molecule has 0 aliphatic rings. The van der Waals surface area contributed by atoms with Crippen LogP contribution in [-0.2, 0) is 4.79 Å². The topological polar surface area (TPSA) is 50.7 Å². The highest BCUT2D eigenvalue weighted by atomic mass is 79.9. The third-order valence-corrected chi connectivity index (χ3v) is 4.20. The Hall–Kier alpha value is -1.56. The van der Waals surface area contributed by atoms with E-state index >= 15 is 0 Å². The summed E-state index contributed by atoms with van der Waals surface area (Å²) in [6.07, 6.45) is 1.43. The summed E-state index contributed by atoms with van der Waals surface area (Å²) in [5.41, 5.74) is 3.92. The number of halogens is 3. The maximum absolute atomic E-state index is 11.7. The van der Waals surface area contributed by atoms with Crippen LogP contribution in [0.1, 0.15) is 11.1 Å². The van der Waals surface area contributed by atoms with E-state index in [0.717, 1.165) is 10.0 Å². The number of ether oxygens (including phenoxy) is 1. The standard InChI is InChI=1S/C16H13BrCl2N2O2/c1-10-7-12(17)5-6-14(10)23-9-15(22)21-20-8-11-3-2-4-13(18)16(11)19/h2-8H,9H2,1H3,(H,21,22). The lowest BCUT2D eigenvalue weighted by molar-refractivity contribution is -0.123. The van der Waals surface area contributed by atoms with Gasteiger partial charge < -0.3 is 4.74 Å². The molecule has 0 heterocycles. The number of amides is 1. The number of hydrogen-bond donors (Lipinski definition) is 1. The van der Waals surface area contributed by atoms with Crippen molar-refractivity contribution >= 4 is 51.3 Å². The zero-order valence-electron chi connectivity index (χ0n) is 12.1. The second kappa shape index (κ2) is 8.34. The molecule has 0 unspecified atom stereocenters. The van der Waals surface area contributed by atoms with Crippen molar-refractivity contribution < 1.29 is 9.53 Å². The molecule has 0 bridgehead atoms. The van der Waals surface area contributed by atoms with Crippen LogP contribution in [0, 0.1) is 6.92 Å². The lowest BCUT2D eigenvalue weighted by Crippen LogP contribution is -2.24. The summed E-state index contributed by atoms with van der Waals surface area (Å²) >= 11 is 15.3. The van der Waals surface area contributed by atoms with Gasteiger partial charge in [0.2, 0.25) is 0 Å². The molecule has 0 saturated carbocycles. The van der Waals surface area contributed by atoms with E-state index in [1.54, 1.807) is 24.3 Å². The molecule has 2 rings (SSSR count). The highest BCUT2D eigenvalue weighted by molar-refractivity contribution is 9.10. The van der Waals surface area contributed by atoms with Crippen LogP contribution < -0.4 is 10.2 Å². The van der Waals surface area contributed by atoms with Crippen molar-refractivity contribution in [1.29, 1.82) is 0 Å². The molecule has 7 heteroatoms. The molecule has 0 saturated heterocycles. The molecule has 120 valence electrons. The number of nitrogens with one attached hydrogen (secondary N) is 1. The molecular formula is C16H13BrCl2N2O2. The van der Waals surface area contributed by atoms with Crippen LogP contribution in [0.2, 0.25) is 10.0 Å².